The van der Waals surface area contributed by atoms with E-state index in [4.69, 9.17) is 16.3 Å². The number of benzene rings is 1. The largest absolute Gasteiger partial charge is 0.495 e. The molecule has 0 aliphatic carbocycles. The lowest BCUT2D eigenvalue weighted by atomic mass is 10.2. The van der Waals surface area contributed by atoms with E-state index in [2.05, 4.69) is 11.9 Å². The highest BCUT2D eigenvalue weighted by Gasteiger charge is 2.01. The SMILES string of the molecule is C=C(C)CNCc1ccc(OC)c(Cl)c1. The number of nitrogens with one attached hydrogen (secondary N) is 1. The molecule has 3 heteroatoms. The highest BCUT2D eigenvalue weighted by atomic mass is 35.5. The number of hydrogen-bond donors (Lipinski definition) is 1. The van der Waals surface area contributed by atoms with Crippen molar-refractivity contribution in [3.63, 3.8) is 0 Å². The van der Waals surface area contributed by atoms with Crippen molar-refractivity contribution >= 4 is 11.6 Å². The molecule has 0 aromatic heterocycles. The lowest BCUT2D eigenvalue weighted by Gasteiger charge is -2.07. The van der Waals surface area contributed by atoms with Gasteiger partial charge in [0.15, 0.2) is 0 Å². The molecule has 0 radical (unpaired) electrons. The zero-order chi connectivity index (χ0) is 11.3. The van der Waals surface area contributed by atoms with Crippen molar-refractivity contribution < 1.29 is 4.74 Å². The molecule has 0 heterocycles. The van der Waals surface area contributed by atoms with E-state index < -0.39 is 0 Å². The van der Waals surface area contributed by atoms with Gasteiger partial charge in [-0.1, -0.05) is 29.8 Å². The summed E-state index contributed by atoms with van der Waals surface area (Å²) in [6.45, 7) is 7.43. The zero-order valence-corrected chi connectivity index (χ0v) is 9.90. The monoisotopic (exact) mass is 225 g/mol. The lowest BCUT2D eigenvalue weighted by molar-refractivity contribution is 0.415. The molecule has 0 saturated heterocycles. The Hall–Kier alpha value is -0.990. The van der Waals surface area contributed by atoms with Gasteiger partial charge in [-0.05, 0) is 24.6 Å². The third-order valence-electron chi connectivity index (χ3n) is 1.97. The van der Waals surface area contributed by atoms with Gasteiger partial charge in [-0.3, -0.25) is 0 Å². The van der Waals surface area contributed by atoms with E-state index in [0.717, 1.165) is 24.2 Å². The minimum absolute atomic E-state index is 0.645. The Balaban J connectivity index is 2.55. The molecular formula is C12H16ClNO. The molecule has 15 heavy (non-hydrogen) atoms. The molecule has 0 saturated carbocycles. The predicted octanol–water partition coefficient (Wildman–Crippen LogP) is 3.01. The molecule has 1 rings (SSSR count). The second-order valence-electron chi connectivity index (χ2n) is 3.53. The molecule has 0 atom stereocenters. The molecule has 1 aromatic rings. The second-order valence-corrected chi connectivity index (χ2v) is 3.94. The molecule has 0 unspecified atom stereocenters. The first-order valence-electron chi connectivity index (χ1n) is 4.81. The van der Waals surface area contributed by atoms with Crippen LogP contribution in [0.2, 0.25) is 5.02 Å². The van der Waals surface area contributed by atoms with E-state index >= 15 is 0 Å². The van der Waals surface area contributed by atoms with Gasteiger partial charge in [-0.15, -0.1) is 0 Å². The standard InChI is InChI=1S/C12H16ClNO/c1-9(2)7-14-8-10-4-5-12(15-3)11(13)6-10/h4-6,14H,1,7-8H2,2-3H3. The molecular weight excluding hydrogens is 210 g/mol. The van der Waals surface area contributed by atoms with E-state index in [1.54, 1.807) is 7.11 Å². The van der Waals surface area contributed by atoms with Crippen LogP contribution in [0.3, 0.4) is 0 Å². The second kappa shape index (κ2) is 5.79. The van der Waals surface area contributed by atoms with Crippen molar-refractivity contribution in [3.05, 3.63) is 40.9 Å². The molecule has 0 amide bonds. The van der Waals surface area contributed by atoms with Crippen LogP contribution < -0.4 is 10.1 Å². The molecule has 1 N–H and O–H groups in total. The summed E-state index contributed by atoms with van der Waals surface area (Å²) in [4.78, 5) is 0. The summed E-state index contributed by atoms with van der Waals surface area (Å²) < 4.78 is 5.08. The first kappa shape index (κ1) is 12.1. The fourth-order valence-electron chi connectivity index (χ4n) is 1.24. The Morgan fingerprint density at radius 2 is 2.27 bits per heavy atom. The van der Waals surface area contributed by atoms with Crippen LogP contribution in [0.4, 0.5) is 0 Å². The molecule has 82 valence electrons. The highest BCUT2D eigenvalue weighted by Crippen LogP contribution is 2.24. The van der Waals surface area contributed by atoms with Gasteiger partial charge in [0.25, 0.3) is 0 Å². The molecule has 1 aromatic carbocycles. The third-order valence-corrected chi connectivity index (χ3v) is 2.27. The summed E-state index contributed by atoms with van der Waals surface area (Å²) >= 11 is 6.00. The first-order valence-corrected chi connectivity index (χ1v) is 5.19. The van der Waals surface area contributed by atoms with Gasteiger partial charge in [0.2, 0.25) is 0 Å². The van der Waals surface area contributed by atoms with Crippen LogP contribution in [0.25, 0.3) is 0 Å². The molecule has 0 spiro atoms. The quantitative estimate of drug-likeness (QED) is 0.778. The van der Waals surface area contributed by atoms with Crippen molar-refractivity contribution in [2.24, 2.45) is 0 Å². The summed E-state index contributed by atoms with van der Waals surface area (Å²) in [6.07, 6.45) is 0. The summed E-state index contributed by atoms with van der Waals surface area (Å²) in [5, 5.41) is 3.91. The summed E-state index contributed by atoms with van der Waals surface area (Å²) in [5.41, 5.74) is 2.26. The number of rotatable bonds is 5. The van der Waals surface area contributed by atoms with Gasteiger partial charge in [-0.2, -0.15) is 0 Å². The minimum Gasteiger partial charge on any atom is -0.495 e. The van der Waals surface area contributed by atoms with Crippen molar-refractivity contribution in [3.8, 4) is 5.75 Å². The normalized spacial score (nSPS) is 10.1. The fourth-order valence-corrected chi connectivity index (χ4v) is 1.52. The molecule has 0 fully saturated rings. The molecule has 0 aliphatic rings. The predicted molar refractivity (Wildman–Crippen MR) is 64.5 cm³/mol. The van der Waals surface area contributed by atoms with E-state index in [1.165, 1.54) is 0 Å². The van der Waals surface area contributed by atoms with Crippen LogP contribution in [-0.4, -0.2) is 13.7 Å². The zero-order valence-electron chi connectivity index (χ0n) is 9.14. The Morgan fingerprint density at radius 1 is 1.53 bits per heavy atom. The summed E-state index contributed by atoms with van der Waals surface area (Å²) in [7, 11) is 1.61. The average molecular weight is 226 g/mol. The van der Waals surface area contributed by atoms with Crippen LogP contribution in [0, 0.1) is 0 Å². The molecule has 2 nitrogen and oxygen atoms in total. The van der Waals surface area contributed by atoms with Gasteiger partial charge >= 0.3 is 0 Å². The number of hydrogen-bond acceptors (Lipinski definition) is 2. The van der Waals surface area contributed by atoms with Crippen LogP contribution >= 0.6 is 11.6 Å². The Bertz CT molecular complexity index is 349. The van der Waals surface area contributed by atoms with Crippen molar-refractivity contribution in [2.45, 2.75) is 13.5 Å². The number of halogens is 1. The van der Waals surface area contributed by atoms with Crippen molar-refractivity contribution in [1.82, 2.24) is 5.32 Å². The van der Waals surface area contributed by atoms with Crippen LogP contribution in [0.15, 0.2) is 30.4 Å². The van der Waals surface area contributed by atoms with Crippen LogP contribution in [0.5, 0.6) is 5.75 Å². The van der Waals surface area contributed by atoms with E-state index in [1.807, 2.05) is 25.1 Å². The fraction of sp³-hybridized carbons (Fsp3) is 0.333. The van der Waals surface area contributed by atoms with E-state index in [-0.39, 0.29) is 0 Å². The van der Waals surface area contributed by atoms with Gasteiger partial charge in [0.1, 0.15) is 5.75 Å². The van der Waals surface area contributed by atoms with Crippen LogP contribution in [0.1, 0.15) is 12.5 Å². The number of ether oxygens (including phenoxy) is 1. The van der Waals surface area contributed by atoms with Gasteiger partial charge in [0.05, 0.1) is 12.1 Å². The maximum absolute atomic E-state index is 6.00. The Kier molecular flexibility index (Phi) is 4.66. The van der Waals surface area contributed by atoms with Crippen molar-refractivity contribution in [2.75, 3.05) is 13.7 Å². The third kappa shape index (κ3) is 3.94. The van der Waals surface area contributed by atoms with E-state index in [9.17, 15) is 0 Å². The van der Waals surface area contributed by atoms with Gasteiger partial charge in [-0.25, -0.2) is 0 Å². The Labute approximate surface area is 95.9 Å². The molecule has 0 bridgehead atoms. The number of methoxy groups -OCH3 is 1. The average Bonchev–Trinajstić information content (AvgIpc) is 2.17. The van der Waals surface area contributed by atoms with Crippen molar-refractivity contribution in [1.29, 1.82) is 0 Å². The topological polar surface area (TPSA) is 21.3 Å². The smallest absolute Gasteiger partial charge is 0.137 e. The Morgan fingerprint density at radius 3 is 2.80 bits per heavy atom. The van der Waals surface area contributed by atoms with Gasteiger partial charge in [0, 0.05) is 13.1 Å². The first-order chi connectivity index (χ1) is 7.13. The molecule has 0 aliphatic heterocycles. The van der Waals surface area contributed by atoms with Gasteiger partial charge < -0.3 is 10.1 Å². The van der Waals surface area contributed by atoms with Crippen LogP contribution in [-0.2, 0) is 6.54 Å². The maximum Gasteiger partial charge on any atom is 0.137 e. The highest BCUT2D eigenvalue weighted by molar-refractivity contribution is 6.32. The summed E-state index contributed by atoms with van der Waals surface area (Å²) in [5.74, 6) is 0.709. The summed E-state index contributed by atoms with van der Waals surface area (Å²) in [6, 6.07) is 5.78. The van der Waals surface area contributed by atoms with E-state index in [0.29, 0.717) is 10.8 Å². The minimum atomic E-state index is 0.645. The maximum atomic E-state index is 6.00. The lowest BCUT2D eigenvalue weighted by Crippen LogP contribution is -2.15.